The van der Waals surface area contributed by atoms with Crippen molar-refractivity contribution in [1.29, 1.82) is 0 Å². The molecule has 0 saturated carbocycles. The molecular formula is C17H27NO2. The van der Waals surface area contributed by atoms with Crippen molar-refractivity contribution in [3.63, 3.8) is 0 Å². The molecule has 3 heteroatoms. The van der Waals surface area contributed by atoms with E-state index in [1.165, 1.54) is 29.5 Å². The summed E-state index contributed by atoms with van der Waals surface area (Å²) in [4.78, 5) is 0. The van der Waals surface area contributed by atoms with E-state index in [-0.39, 0.29) is 6.04 Å². The molecule has 0 aromatic heterocycles. The molecule has 0 spiro atoms. The number of nitrogens with one attached hydrogen (secondary N) is 1. The van der Waals surface area contributed by atoms with Gasteiger partial charge in [0.05, 0.1) is 12.1 Å². The van der Waals surface area contributed by atoms with Crippen molar-refractivity contribution in [1.82, 2.24) is 5.32 Å². The second kappa shape index (κ2) is 6.59. The van der Waals surface area contributed by atoms with Crippen LogP contribution in [0.15, 0.2) is 12.1 Å². The molecule has 2 atom stereocenters. The predicted molar refractivity (Wildman–Crippen MR) is 82.4 cm³/mol. The van der Waals surface area contributed by atoms with E-state index in [1.54, 1.807) is 0 Å². The van der Waals surface area contributed by atoms with E-state index < -0.39 is 6.10 Å². The van der Waals surface area contributed by atoms with E-state index >= 15 is 0 Å². The Morgan fingerprint density at radius 3 is 2.55 bits per heavy atom. The van der Waals surface area contributed by atoms with Crippen LogP contribution >= 0.6 is 0 Å². The van der Waals surface area contributed by atoms with E-state index in [4.69, 9.17) is 4.74 Å². The molecule has 1 aliphatic rings. The minimum absolute atomic E-state index is 0.0339. The highest BCUT2D eigenvalue weighted by Crippen LogP contribution is 2.33. The van der Waals surface area contributed by atoms with Gasteiger partial charge < -0.3 is 15.2 Å². The van der Waals surface area contributed by atoms with Crippen LogP contribution in [-0.2, 0) is 12.8 Å². The largest absolute Gasteiger partial charge is 0.492 e. The summed E-state index contributed by atoms with van der Waals surface area (Å²) < 4.78 is 6.01. The second-order valence-corrected chi connectivity index (χ2v) is 6.17. The maximum Gasteiger partial charge on any atom is 0.122 e. The average Bonchev–Trinajstić information content (AvgIpc) is 2.86. The van der Waals surface area contributed by atoms with Crippen LogP contribution in [0.5, 0.6) is 5.75 Å². The third kappa shape index (κ3) is 3.53. The number of aliphatic hydroxyl groups excluding tert-OH is 1. The number of rotatable bonds is 6. The molecule has 0 fully saturated rings. The molecule has 0 aliphatic heterocycles. The molecule has 0 radical (unpaired) electrons. The van der Waals surface area contributed by atoms with Gasteiger partial charge in [-0.3, -0.25) is 0 Å². The summed E-state index contributed by atoms with van der Waals surface area (Å²) in [6, 6.07) is 4.52. The van der Waals surface area contributed by atoms with Crippen molar-refractivity contribution in [2.24, 2.45) is 0 Å². The van der Waals surface area contributed by atoms with Crippen molar-refractivity contribution in [3.05, 3.63) is 28.8 Å². The normalized spacial score (nSPS) is 17.1. The first-order chi connectivity index (χ1) is 9.49. The van der Waals surface area contributed by atoms with Crippen LogP contribution in [0.3, 0.4) is 0 Å². The summed E-state index contributed by atoms with van der Waals surface area (Å²) in [5, 5.41) is 13.2. The summed E-state index contributed by atoms with van der Waals surface area (Å²) in [6.45, 7) is 8.65. The fraction of sp³-hybridized carbons (Fsp3) is 0.647. The van der Waals surface area contributed by atoms with Crippen LogP contribution in [0.2, 0.25) is 0 Å². The highest BCUT2D eigenvalue weighted by atomic mass is 16.5. The smallest absolute Gasteiger partial charge is 0.122 e. The van der Waals surface area contributed by atoms with Gasteiger partial charge in [0.25, 0.3) is 0 Å². The molecule has 1 aromatic carbocycles. The van der Waals surface area contributed by atoms with Crippen molar-refractivity contribution in [3.8, 4) is 5.75 Å². The Kier molecular flexibility index (Phi) is 5.06. The first-order valence-corrected chi connectivity index (χ1v) is 7.67. The van der Waals surface area contributed by atoms with Crippen molar-refractivity contribution < 1.29 is 9.84 Å². The molecule has 0 bridgehead atoms. The lowest BCUT2D eigenvalue weighted by Gasteiger charge is -2.24. The molecule has 2 rings (SSSR count). The van der Waals surface area contributed by atoms with Gasteiger partial charge in [-0.1, -0.05) is 19.9 Å². The number of ether oxygens (including phenoxy) is 1. The van der Waals surface area contributed by atoms with Crippen molar-refractivity contribution in [2.45, 2.75) is 65.1 Å². The number of hydrogen-bond donors (Lipinski definition) is 2. The quantitative estimate of drug-likeness (QED) is 0.840. The highest BCUT2D eigenvalue weighted by molar-refractivity contribution is 5.47. The van der Waals surface area contributed by atoms with Gasteiger partial charge in [0, 0.05) is 6.04 Å². The van der Waals surface area contributed by atoms with E-state index in [9.17, 15) is 5.11 Å². The zero-order chi connectivity index (χ0) is 14.7. The molecule has 2 N–H and O–H groups in total. The molecule has 0 amide bonds. The topological polar surface area (TPSA) is 41.5 Å². The third-order valence-corrected chi connectivity index (χ3v) is 4.02. The van der Waals surface area contributed by atoms with Gasteiger partial charge in [-0.2, -0.15) is 0 Å². The SMILES string of the molecule is Cc1ccc(OCC(NC(C)C)C(C)O)c2c1CCC2. The Morgan fingerprint density at radius 2 is 1.90 bits per heavy atom. The van der Waals surface area contributed by atoms with Gasteiger partial charge in [-0.05, 0) is 55.9 Å². The molecule has 2 unspecified atom stereocenters. The van der Waals surface area contributed by atoms with Gasteiger partial charge in [-0.25, -0.2) is 0 Å². The van der Waals surface area contributed by atoms with Gasteiger partial charge in [-0.15, -0.1) is 0 Å². The lowest BCUT2D eigenvalue weighted by Crippen LogP contribution is -2.46. The van der Waals surface area contributed by atoms with Crippen molar-refractivity contribution in [2.75, 3.05) is 6.61 Å². The summed E-state index contributed by atoms with van der Waals surface area (Å²) >= 11 is 0. The Balaban J connectivity index is 2.05. The van der Waals surface area contributed by atoms with E-state index in [0.717, 1.165) is 12.2 Å². The lowest BCUT2D eigenvalue weighted by molar-refractivity contribution is 0.106. The first-order valence-electron chi connectivity index (χ1n) is 7.67. The Hall–Kier alpha value is -1.06. The Labute approximate surface area is 122 Å². The van der Waals surface area contributed by atoms with Gasteiger partial charge in [0.15, 0.2) is 0 Å². The number of hydrogen-bond acceptors (Lipinski definition) is 3. The Bertz CT molecular complexity index is 455. The molecule has 112 valence electrons. The van der Waals surface area contributed by atoms with Crippen LogP contribution in [-0.4, -0.2) is 29.9 Å². The maximum atomic E-state index is 9.83. The molecule has 0 heterocycles. The van der Waals surface area contributed by atoms with E-state index in [2.05, 4.69) is 38.2 Å². The Morgan fingerprint density at radius 1 is 1.20 bits per heavy atom. The molecular weight excluding hydrogens is 250 g/mol. The zero-order valence-corrected chi connectivity index (χ0v) is 13.1. The fourth-order valence-corrected chi connectivity index (χ4v) is 2.92. The predicted octanol–water partition coefficient (Wildman–Crippen LogP) is 2.61. The highest BCUT2D eigenvalue weighted by Gasteiger charge is 2.20. The number of fused-ring (bicyclic) bond motifs is 1. The monoisotopic (exact) mass is 277 g/mol. The van der Waals surface area contributed by atoms with Crippen LogP contribution in [0.25, 0.3) is 0 Å². The van der Waals surface area contributed by atoms with Gasteiger partial charge in [0.1, 0.15) is 12.4 Å². The van der Waals surface area contributed by atoms with Crippen LogP contribution in [0.4, 0.5) is 0 Å². The van der Waals surface area contributed by atoms with Crippen LogP contribution < -0.4 is 10.1 Å². The standard InChI is InChI=1S/C17H27NO2/c1-11(2)18-16(13(4)19)10-20-17-9-8-12(3)14-6-5-7-15(14)17/h8-9,11,13,16,18-19H,5-7,10H2,1-4H3. The summed E-state index contributed by atoms with van der Waals surface area (Å²) in [6.07, 6.45) is 3.09. The second-order valence-electron chi connectivity index (χ2n) is 6.17. The first kappa shape index (κ1) is 15.3. The zero-order valence-electron chi connectivity index (χ0n) is 13.1. The molecule has 1 aromatic rings. The van der Waals surface area contributed by atoms with E-state index in [0.29, 0.717) is 12.6 Å². The third-order valence-electron chi connectivity index (χ3n) is 4.02. The van der Waals surface area contributed by atoms with Crippen molar-refractivity contribution >= 4 is 0 Å². The van der Waals surface area contributed by atoms with Gasteiger partial charge in [0.2, 0.25) is 0 Å². The summed E-state index contributed by atoms with van der Waals surface area (Å²) in [5.41, 5.74) is 4.21. The minimum Gasteiger partial charge on any atom is -0.492 e. The molecule has 1 aliphatic carbocycles. The molecule has 20 heavy (non-hydrogen) atoms. The number of aliphatic hydroxyl groups is 1. The molecule has 3 nitrogen and oxygen atoms in total. The van der Waals surface area contributed by atoms with Gasteiger partial charge >= 0.3 is 0 Å². The molecule has 0 saturated heterocycles. The average molecular weight is 277 g/mol. The minimum atomic E-state index is -0.420. The summed E-state index contributed by atoms with van der Waals surface area (Å²) in [7, 11) is 0. The lowest BCUT2D eigenvalue weighted by atomic mass is 10.0. The van der Waals surface area contributed by atoms with Crippen LogP contribution in [0, 0.1) is 6.92 Å². The summed E-state index contributed by atoms with van der Waals surface area (Å²) in [5.74, 6) is 0.999. The van der Waals surface area contributed by atoms with E-state index in [1.807, 2.05) is 6.92 Å². The maximum absolute atomic E-state index is 9.83. The number of aryl methyl sites for hydroxylation is 1. The number of benzene rings is 1. The van der Waals surface area contributed by atoms with Crippen LogP contribution in [0.1, 0.15) is 43.9 Å². The fourth-order valence-electron chi connectivity index (χ4n) is 2.92.